The Morgan fingerprint density at radius 3 is 2.64 bits per heavy atom. The minimum atomic E-state index is -0.759. The Morgan fingerprint density at radius 1 is 1.50 bits per heavy atom. The Hall–Kier alpha value is -1.57. The predicted octanol–water partition coefficient (Wildman–Crippen LogP) is 0.998. The molecule has 0 heterocycles. The molecule has 1 aliphatic rings. The largest absolute Gasteiger partial charge is 0.464 e. The van der Waals surface area contributed by atoms with Gasteiger partial charge in [0, 0.05) is 0 Å². The van der Waals surface area contributed by atoms with Crippen molar-refractivity contribution in [2.45, 2.75) is 31.8 Å². The van der Waals surface area contributed by atoms with E-state index in [0.29, 0.717) is 0 Å². The molecule has 1 rings (SSSR count). The standard InChI is InChI=1S/C9H12N2O3/c1-13-9(12)8(6-10)11-14-7-4-2-3-5-7/h7H,2-5H2,1H3/b11-8+. The molecule has 0 radical (unpaired) electrons. The van der Waals surface area contributed by atoms with Crippen LogP contribution in [0.2, 0.25) is 0 Å². The first kappa shape index (κ1) is 10.5. The lowest BCUT2D eigenvalue weighted by atomic mass is 10.3. The lowest BCUT2D eigenvalue weighted by Gasteiger charge is -2.05. The zero-order valence-corrected chi connectivity index (χ0v) is 8.02. The van der Waals surface area contributed by atoms with Gasteiger partial charge in [0.2, 0.25) is 0 Å². The number of hydrogen-bond donors (Lipinski definition) is 0. The maximum Gasteiger partial charge on any atom is 0.371 e. The highest BCUT2D eigenvalue weighted by atomic mass is 16.6. The molecular weight excluding hydrogens is 184 g/mol. The molecule has 5 heteroatoms. The van der Waals surface area contributed by atoms with E-state index < -0.39 is 5.97 Å². The van der Waals surface area contributed by atoms with Crippen LogP contribution in [0.5, 0.6) is 0 Å². The Balaban J connectivity index is 2.47. The molecule has 1 fully saturated rings. The van der Waals surface area contributed by atoms with Gasteiger partial charge in [-0.2, -0.15) is 5.26 Å². The van der Waals surface area contributed by atoms with Crippen molar-refractivity contribution in [3.05, 3.63) is 0 Å². The van der Waals surface area contributed by atoms with Crippen molar-refractivity contribution < 1.29 is 14.4 Å². The second kappa shape index (κ2) is 5.22. The second-order valence-electron chi connectivity index (χ2n) is 3.06. The van der Waals surface area contributed by atoms with Crippen molar-refractivity contribution in [2.24, 2.45) is 5.16 Å². The zero-order valence-electron chi connectivity index (χ0n) is 8.02. The summed E-state index contributed by atoms with van der Waals surface area (Å²) in [5.41, 5.74) is -0.334. The first-order valence-electron chi connectivity index (χ1n) is 4.50. The van der Waals surface area contributed by atoms with Crippen LogP contribution in [0.3, 0.4) is 0 Å². The second-order valence-corrected chi connectivity index (χ2v) is 3.06. The van der Waals surface area contributed by atoms with Gasteiger partial charge in [-0.25, -0.2) is 4.79 Å². The van der Waals surface area contributed by atoms with E-state index >= 15 is 0 Å². The summed E-state index contributed by atoms with van der Waals surface area (Å²) >= 11 is 0. The average Bonchev–Trinajstić information content (AvgIpc) is 2.71. The minimum absolute atomic E-state index is 0.0445. The highest BCUT2D eigenvalue weighted by molar-refractivity contribution is 6.42. The molecule has 0 aliphatic heterocycles. The fourth-order valence-electron chi connectivity index (χ4n) is 1.32. The summed E-state index contributed by atoms with van der Waals surface area (Å²) in [6.45, 7) is 0. The van der Waals surface area contributed by atoms with Gasteiger partial charge in [0.25, 0.3) is 5.71 Å². The molecule has 0 amide bonds. The molecule has 0 unspecified atom stereocenters. The molecule has 0 spiro atoms. The Kier molecular flexibility index (Phi) is 3.92. The highest BCUT2D eigenvalue weighted by Crippen LogP contribution is 2.20. The average molecular weight is 196 g/mol. The maximum atomic E-state index is 10.9. The van der Waals surface area contributed by atoms with Crippen LogP contribution in [0.15, 0.2) is 5.16 Å². The number of oxime groups is 1. The van der Waals surface area contributed by atoms with Gasteiger partial charge in [0.05, 0.1) is 7.11 Å². The smallest absolute Gasteiger partial charge is 0.371 e. The molecule has 76 valence electrons. The van der Waals surface area contributed by atoms with Crippen molar-refractivity contribution >= 4 is 11.7 Å². The summed E-state index contributed by atoms with van der Waals surface area (Å²) in [5.74, 6) is -0.759. The number of carbonyl (C=O) groups is 1. The van der Waals surface area contributed by atoms with Crippen LogP contribution in [0.1, 0.15) is 25.7 Å². The number of nitriles is 1. The lowest BCUT2D eigenvalue weighted by molar-refractivity contribution is -0.132. The zero-order chi connectivity index (χ0) is 10.4. The molecule has 0 aromatic rings. The summed E-state index contributed by atoms with van der Waals surface area (Å²) in [6, 6.07) is 1.63. The van der Waals surface area contributed by atoms with Gasteiger partial charge < -0.3 is 9.57 Å². The van der Waals surface area contributed by atoms with Crippen LogP contribution in [0.25, 0.3) is 0 Å². The molecule has 0 atom stereocenters. The Labute approximate surface area is 82.3 Å². The van der Waals surface area contributed by atoms with Gasteiger partial charge in [-0.1, -0.05) is 5.16 Å². The predicted molar refractivity (Wildman–Crippen MR) is 48.4 cm³/mol. The normalized spacial score (nSPS) is 17.6. The van der Waals surface area contributed by atoms with Crippen LogP contribution in [-0.2, 0) is 14.4 Å². The van der Waals surface area contributed by atoms with Crippen molar-refractivity contribution in [3.8, 4) is 6.07 Å². The molecule has 0 N–H and O–H groups in total. The fraction of sp³-hybridized carbons (Fsp3) is 0.667. The number of carbonyl (C=O) groups excluding carboxylic acids is 1. The number of nitrogens with zero attached hydrogens (tertiary/aromatic N) is 2. The third kappa shape index (κ3) is 2.73. The van der Waals surface area contributed by atoms with Crippen molar-refractivity contribution in [2.75, 3.05) is 7.11 Å². The summed E-state index contributed by atoms with van der Waals surface area (Å²) in [6.07, 6.45) is 4.14. The van der Waals surface area contributed by atoms with Gasteiger partial charge in [0.15, 0.2) is 0 Å². The van der Waals surface area contributed by atoms with Gasteiger partial charge in [0.1, 0.15) is 12.2 Å². The molecule has 0 bridgehead atoms. The van der Waals surface area contributed by atoms with Crippen molar-refractivity contribution in [3.63, 3.8) is 0 Å². The lowest BCUT2D eigenvalue weighted by Crippen LogP contribution is -2.15. The molecule has 1 saturated carbocycles. The van der Waals surface area contributed by atoms with Crippen molar-refractivity contribution in [1.29, 1.82) is 5.26 Å². The molecule has 5 nitrogen and oxygen atoms in total. The Morgan fingerprint density at radius 2 is 2.14 bits per heavy atom. The topological polar surface area (TPSA) is 71.7 Å². The molecular formula is C9H12N2O3. The van der Waals surface area contributed by atoms with Crippen LogP contribution in [0, 0.1) is 11.3 Å². The van der Waals surface area contributed by atoms with E-state index in [1.165, 1.54) is 7.11 Å². The molecule has 14 heavy (non-hydrogen) atoms. The van der Waals surface area contributed by atoms with Gasteiger partial charge in [-0.15, -0.1) is 0 Å². The number of hydrogen-bond acceptors (Lipinski definition) is 5. The number of esters is 1. The summed E-state index contributed by atoms with van der Waals surface area (Å²) in [4.78, 5) is 15.9. The van der Waals surface area contributed by atoms with Crippen LogP contribution in [0.4, 0.5) is 0 Å². The molecule has 0 saturated heterocycles. The summed E-state index contributed by atoms with van der Waals surface area (Å²) in [5, 5.41) is 12.0. The van der Waals surface area contributed by atoms with E-state index in [2.05, 4.69) is 9.89 Å². The number of ether oxygens (including phenoxy) is 1. The van der Waals surface area contributed by atoms with E-state index in [4.69, 9.17) is 10.1 Å². The van der Waals surface area contributed by atoms with Gasteiger partial charge in [-0.3, -0.25) is 0 Å². The molecule has 0 aromatic heterocycles. The minimum Gasteiger partial charge on any atom is -0.464 e. The quantitative estimate of drug-likeness (QED) is 0.383. The first-order chi connectivity index (χ1) is 6.77. The van der Waals surface area contributed by atoms with Crippen LogP contribution < -0.4 is 0 Å². The SMILES string of the molecule is COC(=O)/C(C#N)=N/OC1CCCC1. The van der Waals surface area contributed by atoms with E-state index in [-0.39, 0.29) is 11.8 Å². The molecule has 1 aliphatic carbocycles. The van der Waals surface area contributed by atoms with E-state index in [0.717, 1.165) is 25.7 Å². The van der Waals surface area contributed by atoms with E-state index in [1.807, 2.05) is 0 Å². The fourth-order valence-corrected chi connectivity index (χ4v) is 1.32. The number of methoxy groups -OCH3 is 1. The van der Waals surface area contributed by atoms with Crippen LogP contribution in [-0.4, -0.2) is 24.9 Å². The monoisotopic (exact) mass is 196 g/mol. The van der Waals surface area contributed by atoms with Crippen molar-refractivity contribution in [1.82, 2.24) is 0 Å². The first-order valence-corrected chi connectivity index (χ1v) is 4.50. The van der Waals surface area contributed by atoms with Gasteiger partial charge >= 0.3 is 5.97 Å². The maximum absolute atomic E-state index is 10.9. The summed E-state index contributed by atoms with van der Waals surface area (Å²) < 4.78 is 4.35. The number of rotatable bonds is 3. The Bertz CT molecular complexity index is 274. The van der Waals surface area contributed by atoms with E-state index in [9.17, 15) is 4.79 Å². The van der Waals surface area contributed by atoms with Gasteiger partial charge in [-0.05, 0) is 25.7 Å². The van der Waals surface area contributed by atoms with E-state index in [1.54, 1.807) is 6.07 Å². The summed E-state index contributed by atoms with van der Waals surface area (Å²) in [7, 11) is 1.20. The highest BCUT2D eigenvalue weighted by Gasteiger charge is 2.18. The third-order valence-electron chi connectivity index (χ3n) is 2.08. The third-order valence-corrected chi connectivity index (χ3v) is 2.08. The molecule has 0 aromatic carbocycles. The van der Waals surface area contributed by atoms with Crippen LogP contribution >= 0.6 is 0 Å².